The van der Waals surface area contributed by atoms with Gasteiger partial charge in [-0.05, 0) is 61.6 Å². The van der Waals surface area contributed by atoms with Gasteiger partial charge in [0.15, 0.2) is 0 Å². The Morgan fingerprint density at radius 2 is 2.06 bits per heavy atom. The van der Waals surface area contributed by atoms with Crippen molar-refractivity contribution in [3.63, 3.8) is 0 Å². The van der Waals surface area contributed by atoms with Crippen LogP contribution in [-0.4, -0.2) is 18.8 Å². The van der Waals surface area contributed by atoms with Crippen molar-refractivity contribution >= 4 is 39.9 Å². The van der Waals surface area contributed by atoms with Crippen LogP contribution in [0.2, 0.25) is 5.02 Å². The van der Waals surface area contributed by atoms with E-state index in [1.54, 1.807) is 0 Å². The van der Waals surface area contributed by atoms with E-state index < -0.39 is 0 Å². The number of rotatable bonds is 4. The first-order valence-corrected chi connectivity index (χ1v) is 6.67. The molecule has 0 atom stereocenters. The highest BCUT2D eigenvalue weighted by atomic mass is 127. The Labute approximate surface area is 116 Å². The summed E-state index contributed by atoms with van der Waals surface area (Å²) in [6.07, 6.45) is 0. The molecule has 1 aromatic carbocycles. The monoisotopic (exact) mass is 353 g/mol. The Kier molecular flexibility index (Phi) is 5.34. The maximum Gasteiger partial charge on any atom is 0.0648 e. The molecule has 0 aliphatic carbocycles. The average Bonchev–Trinajstić information content (AvgIpc) is 2.13. The maximum atomic E-state index is 6.09. The molecule has 0 fully saturated rings. The Hall–Kier alpha value is -0.0000000000000000555. The molecule has 0 saturated carbocycles. The second kappa shape index (κ2) is 6.07. The van der Waals surface area contributed by atoms with Gasteiger partial charge in [-0.1, -0.05) is 11.6 Å². The van der Waals surface area contributed by atoms with Gasteiger partial charge in [0, 0.05) is 10.1 Å². The van der Waals surface area contributed by atoms with Crippen LogP contribution in [0.15, 0.2) is 18.2 Å². The van der Waals surface area contributed by atoms with Gasteiger partial charge in [-0.2, -0.15) is 0 Å². The molecule has 1 rings (SSSR count). The van der Waals surface area contributed by atoms with Crippen molar-refractivity contribution in [2.24, 2.45) is 0 Å². The third-order valence-corrected chi connectivity index (χ3v) is 2.87. The molecule has 2 nitrogen and oxygen atoms in total. The predicted molar refractivity (Wildman–Crippen MR) is 78.4 cm³/mol. The van der Waals surface area contributed by atoms with Crippen LogP contribution >= 0.6 is 34.2 Å². The fraction of sp³-hybridized carbons (Fsp3) is 0.500. The maximum absolute atomic E-state index is 6.09. The van der Waals surface area contributed by atoms with Crippen LogP contribution in [-0.2, 0) is 4.74 Å². The van der Waals surface area contributed by atoms with Crippen molar-refractivity contribution in [2.75, 3.05) is 18.5 Å². The third kappa shape index (κ3) is 5.37. The summed E-state index contributed by atoms with van der Waals surface area (Å²) in [5, 5.41) is 4.00. The van der Waals surface area contributed by atoms with Gasteiger partial charge in [-0.25, -0.2) is 0 Å². The third-order valence-electron chi connectivity index (χ3n) is 1.88. The Morgan fingerprint density at radius 1 is 1.38 bits per heavy atom. The van der Waals surface area contributed by atoms with E-state index >= 15 is 0 Å². The van der Waals surface area contributed by atoms with Crippen LogP contribution in [0, 0.1) is 3.57 Å². The summed E-state index contributed by atoms with van der Waals surface area (Å²) in [6.45, 7) is 7.57. The summed E-state index contributed by atoms with van der Waals surface area (Å²) < 4.78 is 6.75. The van der Waals surface area contributed by atoms with Gasteiger partial charge >= 0.3 is 0 Å². The molecule has 0 radical (unpaired) electrons. The molecule has 0 unspecified atom stereocenters. The molecule has 0 aliphatic rings. The largest absolute Gasteiger partial charge is 0.382 e. The topological polar surface area (TPSA) is 21.3 Å². The molecule has 0 heterocycles. The first-order valence-electron chi connectivity index (χ1n) is 5.21. The summed E-state index contributed by atoms with van der Waals surface area (Å²) in [4.78, 5) is 0. The van der Waals surface area contributed by atoms with Crippen molar-refractivity contribution in [2.45, 2.75) is 26.4 Å². The lowest BCUT2D eigenvalue weighted by Gasteiger charge is -2.20. The minimum Gasteiger partial charge on any atom is -0.382 e. The van der Waals surface area contributed by atoms with Crippen molar-refractivity contribution in [1.82, 2.24) is 0 Å². The molecule has 0 saturated heterocycles. The number of ether oxygens (including phenoxy) is 1. The normalized spacial score (nSPS) is 11.6. The first-order chi connectivity index (χ1) is 7.38. The molecule has 4 heteroatoms. The van der Waals surface area contributed by atoms with E-state index in [0.29, 0.717) is 6.61 Å². The van der Waals surface area contributed by atoms with Crippen LogP contribution in [0.3, 0.4) is 0 Å². The minimum atomic E-state index is -0.0858. The highest BCUT2D eigenvalue weighted by Gasteiger charge is 2.09. The van der Waals surface area contributed by atoms with Gasteiger partial charge in [-0.15, -0.1) is 0 Å². The molecule has 1 N–H and O–H groups in total. The molecule has 90 valence electrons. The average molecular weight is 354 g/mol. The van der Waals surface area contributed by atoms with Gasteiger partial charge in [0.1, 0.15) is 0 Å². The number of benzene rings is 1. The number of halogens is 2. The zero-order valence-electron chi connectivity index (χ0n) is 9.81. The Bertz CT molecular complexity index is 349. The highest BCUT2D eigenvalue weighted by molar-refractivity contribution is 14.1. The molecular formula is C12H17ClINO. The van der Waals surface area contributed by atoms with E-state index in [0.717, 1.165) is 20.8 Å². The van der Waals surface area contributed by atoms with Crippen molar-refractivity contribution in [3.05, 3.63) is 26.8 Å². The van der Waals surface area contributed by atoms with Gasteiger partial charge in [0.2, 0.25) is 0 Å². The molecule has 0 aliphatic heterocycles. The quantitative estimate of drug-likeness (QED) is 0.648. The van der Waals surface area contributed by atoms with E-state index in [4.69, 9.17) is 16.3 Å². The number of hydrogen-bond donors (Lipinski definition) is 1. The van der Waals surface area contributed by atoms with Gasteiger partial charge < -0.3 is 10.1 Å². The van der Waals surface area contributed by atoms with Crippen LogP contribution in [0.1, 0.15) is 20.8 Å². The zero-order chi connectivity index (χ0) is 12.2. The standard InChI is InChI=1S/C12H17ClINO/c1-12(2,3)16-7-6-15-11-5-4-9(14)8-10(11)13/h4-5,8,15H,6-7H2,1-3H3. The van der Waals surface area contributed by atoms with Crippen LogP contribution in [0.25, 0.3) is 0 Å². The van der Waals surface area contributed by atoms with Crippen molar-refractivity contribution in [3.8, 4) is 0 Å². The molecule has 16 heavy (non-hydrogen) atoms. The summed E-state index contributed by atoms with van der Waals surface area (Å²) >= 11 is 8.33. The number of anilines is 1. The lowest BCUT2D eigenvalue weighted by atomic mass is 10.2. The fourth-order valence-corrected chi connectivity index (χ4v) is 2.10. The lowest BCUT2D eigenvalue weighted by Crippen LogP contribution is -2.23. The molecular weight excluding hydrogens is 336 g/mol. The summed E-state index contributed by atoms with van der Waals surface area (Å²) in [7, 11) is 0. The molecule has 0 aromatic heterocycles. The Morgan fingerprint density at radius 3 is 2.62 bits per heavy atom. The molecule has 1 aromatic rings. The first kappa shape index (κ1) is 14.1. The lowest BCUT2D eigenvalue weighted by molar-refractivity contribution is 0.00333. The second-order valence-corrected chi connectivity index (χ2v) is 6.16. The predicted octanol–water partition coefficient (Wildman–Crippen LogP) is 4.17. The van der Waals surface area contributed by atoms with E-state index in [1.807, 2.05) is 39.0 Å². The van der Waals surface area contributed by atoms with Gasteiger partial charge in [0.25, 0.3) is 0 Å². The Balaban J connectivity index is 2.38. The molecule has 0 amide bonds. The van der Waals surface area contributed by atoms with Gasteiger partial charge in [0.05, 0.1) is 22.9 Å². The van der Waals surface area contributed by atoms with Gasteiger partial charge in [-0.3, -0.25) is 0 Å². The van der Waals surface area contributed by atoms with Crippen LogP contribution in [0.5, 0.6) is 0 Å². The number of nitrogens with one attached hydrogen (secondary N) is 1. The minimum absolute atomic E-state index is 0.0858. The van der Waals surface area contributed by atoms with Crippen molar-refractivity contribution < 1.29 is 4.74 Å². The van der Waals surface area contributed by atoms with E-state index in [9.17, 15) is 0 Å². The number of hydrogen-bond acceptors (Lipinski definition) is 2. The zero-order valence-corrected chi connectivity index (χ0v) is 12.7. The highest BCUT2D eigenvalue weighted by Crippen LogP contribution is 2.23. The smallest absolute Gasteiger partial charge is 0.0648 e. The van der Waals surface area contributed by atoms with Crippen molar-refractivity contribution in [1.29, 1.82) is 0 Å². The van der Waals surface area contributed by atoms with E-state index in [-0.39, 0.29) is 5.60 Å². The summed E-state index contributed by atoms with van der Waals surface area (Å²) in [5.74, 6) is 0. The molecule has 0 spiro atoms. The summed E-state index contributed by atoms with van der Waals surface area (Å²) in [6, 6.07) is 5.95. The molecule has 0 bridgehead atoms. The summed E-state index contributed by atoms with van der Waals surface area (Å²) in [5.41, 5.74) is 0.872. The fourth-order valence-electron chi connectivity index (χ4n) is 1.18. The van der Waals surface area contributed by atoms with Crippen LogP contribution < -0.4 is 5.32 Å². The van der Waals surface area contributed by atoms with E-state index in [2.05, 4.69) is 27.9 Å². The SMILES string of the molecule is CC(C)(C)OCCNc1ccc(I)cc1Cl. The van der Waals surface area contributed by atoms with E-state index in [1.165, 1.54) is 0 Å². The second-order valence-electron chi connectivity index (χ2n) is 4.51. The van der Waals surface area contributed by atoms with Crippen LogP contribution in [0.4, 0.5) is 5.69 Å².